The molecule has 2 aromatic rings. The van der Waals surface area contributed by atoms with Crippen LogP contribution in [-0.2, 0) is 11.3 Å². The van der Waals surface area contributed by atoms with Gasteiger partial charge in [0.1, 0.15) is 0 Å². The van der Waals surface area contributed by atoms with Crippen LogP contribution in [-0.4, -0.2) is 65.3 Å². The first-order valence-electron chi connectivity index (χ1n) is 11.9. The second-order valence-corrected chi connectivity index (χ2v) is 9.18. The topological polar surface area (TPSA) is 60.6 Å². The SMILES string of the molecule is CCN(CC)CCCNC(=S)N(Cc1cc2c(C)cc(C)cc2[nH]c1=O)CC1CCCO1. The minimum absolute atomic E-state index is 0.0517. The summed E-state index contributed by atoms with van der Waals surface area (Å²) in [7, 11) is 0. The summed E-state index contributed by atoms with van der Waals surface area (Å²) in [4.78, 5) is 20.5. The summed E-state index contributed by atoms with van der Waals surface area (Å²) in [6.45, 7) is 14.5. The summed E-state index contributed by atoms with van der Waals surface area (Å²) in [5.41, 5.74) is 3.88. The lowest BCUT2D eigenvalue weighted by molar-refractivity contribution is 0.0896. The van der Waals surface area contributed by atoms with Crippen molar-refractivity contribution in [2.24, 2.45) is 0 Å². The molecule has 3 rings (SSSR count). The number of aromatic amines is 1. The average Bonchev–Trinajstić information content (AvgIpc) is 3.27. The van der Waals surface area contributed by atoms with E-state index in [1.165, 1.54) is 5.56 Å². The molecule has 32 heavy (non-hydrogen) atoms. The number of fused-ring (bicyclic) bond motifs is 1. The third kappa shape index (κ3) is 6.53. The van der Waals surface area contributed by atoms with Crippen LogP contribution in [0.2, 0.25) is 0 Å². The maximum Gasteiger partial charge on any atom is 0.253 e. The lowest BCUT2D eigenvalue weighted by atomic mass is 10.0. The van der Waals surface area contributed by atoms with Crippen LogP contribution >= 0.6 is 12.2 Å². The summed E-state index contributed by atoms with van der Waals surface area (Å²) >= 11 is 5.76. The molecule has 1 unspecified atom stereocenters. The van der Waals surface area contributed by atoms with Crippen molar-refractivity contribution in [3.8, 4) is 0 Å². The van der Waals surface area contributed by atoms with Crippen molar-refractivity contribution in [1.29, 1.82) is 0 Å². The van der Waals surface area contributed by atoms with Crippen molar-refractivity contribution in [3.05, 3.63) is 45.2 Å². The van der Waals surface area contributed by atoms with E-state index in [4.69, 9.17) is 17.0 Å². The van der Waals surface area contributed by atoms with Gasteiger partial charge in [0.15, 0.2) is 5.11 Å². The molecule has 0 amide bonds. The number of nitrogens with zero attached hydrogens (tertiary/aromatic N) is 2. The van der Waals surface area contributed by atoms with Gasteiger partial charge in [-0.3, -0.25) is 4.79 Å². The minimum Gasteiger partial charge on any atom is -0.376 e. The van der Waals surface area contributed by atoms with E-state index in [1.807, 2.05) is 19.1 Å². The van der Waals surface area contributed by atoms with Crippen LogP contribution in [0.15, 0.2) is 23.0 Å². The lowest BCUT2D eigenvalue weighted by Crippen LogP contribution is -2.44. The Morgan fingerprint density at radius 1 is 1.25 bits per heavy atom. The summed E-state index contributed by atoms with van der Waals surface area (Å²) in [5, 5.41) is 5.20. The molecule has 1 aliphatic rings. The van der Waals surface area contributed by atoms with Gasteiger partial charge in [0.2, 0.25) is 0 Å². The molecular weight excluding hydrogens is 420 g/mol. The van der Waals surface area contributed by atoms with Gasteiger partial charge < -0.3 is 24.8 Å². The zero-order valence-electron chi connectivity index (χ0n) is 20.0. The van der Waals surface area contributed by atoms with Crippen LogP contribution in [0.1, 0.15) is 49.8 Å². The first-order chi connectivity index (χ1) is 15.4. The fourth-order valence-electron chi connectivity index (χ4n) is 4.44. The summed E-state index contributed by atoms with van der Waals surface area (Å²) in [6, 6.07) is 6.20. The van der Waals surface area contributed by atoms with Gasteiger partial charge in [-0.05, 0) is 88.2 Å². The van der Waals surface area contributed by atoms with Crippen molar-refractivity contribution >= 4 is 28.2 Å². The molecule has 1 aromatic heterocycles. The van der Waals surface area contributed by atoms with Crippen LogP contribution in [0.4, 0.5) is 0 Å². The number of aryl methyl sites for hydroxylation is 2. The number of pyridine rings is 1. The smallest absolute Gasteiger partial charge is 0.253 e. The Hall–Kier alpha value is -1.96. The number of hydrogen-bond acceptors (Lipinski definition) is 4. The maximum absolute atomic E-state index is 12.9. The van der Waals surface area contributed by atoms with Gasteiger partial charge in [-0.25, -0.2) is 0 Å². The number of ether oxygens (including phenoxy) is 1. The molecule has 0 saturated carbocycles. The van der Waals surface area contributed by atoms with E-state index in [1.54, 1.807) is 0 Å². The van der Waals surface area contributed by atoms with E-state index in [2.05, 4.69) is 46.9 Å². The average molecular weight is 459 g/mol. The summed E-state index contributed by atoms with van der Waals surface area (Å²) < 4.78 is 5.87. The molecule has 1 aliphatic heterocycles. The van der Waals surface area contributed by atoms with E-state index < -0.39 is 0 Å². The molecule has 1 aromatic carbocycles. The van der Waals surface area contributed by atoms with Crippen molar-refractivity contribution in [3.63, 3.8) is 0 Å². The number of benzene rings is 1. The van der Waals surface area contributed by atoms with Gasteiger partial charge in [-0.1, -0.05) is 19.9 Å². The normalized spacial score (nSPS) is 16.1. The Balaban J connectivity index is 1.73. The zero-order chi connectivity index (χ0) is 23.1. The molecule has 1 atom stereocenters. The molecule has 2 N–H and O–H groups in total. The Kier molecular flexibility index (Phi) is 9.08. The second kappa shape index (κ2) is 11.8. The van der Waals surface area contributed by atoms with Crippen LogP contribution in [0.5, 0.6) is 0 Å². The monoisotopic (exact) mass is 458 g/mol. The van der Waals surface area contributed by atoms with Crippen LogP contribution < -0.4 is 10.9 Å². The Morgan fingerprint density at radius 2 is 2.03 bits per heavy atom. The van der Waals surface area contributed by atoms with E-state index in [0.717, 1.165) is 74.1 Å². The molecule has 176 valence electrons. The van der Waals surface area contributed by atoms with Crippen LogP contribution in [0.3, 0.4) is 0 Å². The van der Waals surface area contributed by atoms with Crippen molar-refractivity contribution in [2.45, 2.75) is 59.6 Å². The predicted octanol–water partition coefficient (Wildman–Crippen LogP) is 3.73. The Morgan fingerprint density at radius 3 is 2.72 bits per heavy atom. The number of aromatic nitrogens is 1. The van der Waals surface area contributed by atoms with Crippen molar-refractivity contribution in [2.75, 3.05) is 39.3 Å². The molecule has 6 nitrogen and oxygen atoms in total. The minimum atomic E-state index is -0.0517. The third-order valence-electron chi connectivity index (χ3n) is 6.31. The van der Waals surface area contributed by atoms with Gasteiger partial charge in [0, 0.05) is 36.2 Å². The Labute approximate surface area is 197 Å². The largest absolute Gasteiger partial charge is 0.376 e. The van der Waals surface area contributed by atoms with E-state index >= 15 is 0 Å². The van der Waals surface area contributed by atoms with Crippen molar-refractivity contribution in [1.82, 2.24) is 20.1 Å². The number of rotatable bonds is 10. The van der Waals surface area contributed by atoms with Crippen molar-refractivity contribution < 1.29 is 4.74 Å². The van der Waals surface area contributed by atoms with E-state index in [-0.39, 0.29) is 11.7 Å². The Bertz CT molecular complexity index is 964. The highest BCUT2D eigenvalue weighted by Crippen LogP contribution is 2.20. The first-order valence-corrected chi connectivity index (χ1v) is 12.3. The van der Waals surface area contributed by atoms with Gasteiger partial charge in [0.25, 0.3) is 5.56 Å². The first kappa shape index (κ1) is 24.7. The van der Waals surface area contributed by atoms with E-state index in [0.29, 0.717) is 18.2 Å². The van der Waals surface area contributed by atoms with Gasteiger partial charge in [0.05, 0.1) is 12.6 Å². The molecule has 0 aliphatic carbocycles. The fraction of sp³-hybridized carbons (Fsp3) is 0.600. The molecular formula is C25H38N4O2S. The van der Waals surface area contributed by atoms with Gasteiger partial charge in [-0.2, -0.15) is 0 Å². The molecule has 0 radical (unpaired) electrons. The number of H-pyrrole nitrogens is 1. The second-order valence-electron chi connectivity index (χ2n) is 8.79. The molecule has 0 spiro atoms. The third-order valence-corrected chi connectivity index (χ3v) is 6.71. The predicted molar refractivity (Wildman–Crippen MR) is 136 cm³/mol. The molecule has 1 saturated heterocycles. The van der Waals surface area contributed by atoms with E-state index in [9.17, 15) is 4.79 Å². The number of hydrogen-bond donors (Lipinski definition) is 2. The highest BCUT2D eigenvalue weighted by molar-refractivity contribution is 7.80. The summed E-state index contributed by atoms with van der Waals surface area (Å²) in [6.07, 6.45) is 3.31. The lowest BCUT2D eigenvalue weighted by Gasteiger charge is -2.28. The van der Waals surface area contributed by atoms with Crippen LogP contribution in [0, 0.1) is 13.8 Å². The quantitative estimate of drug-likeness (QED) is 0.418. The van der Waals surface area contributed by atoms with Gasteiger partial charge in [-0.15, -0.1) is 0 Å². The maximum atomic E-state index is 12.9. The van der Waals surface area contributed by atoms with Gasteiger partial charge >= 0.3 is 0 Å². The highest BCUT2D eigenvalue weighted by Gasteiger charge is 2.22. The number of nitrogens with one attached hydrogen (secondary N) is 2. The zero-order valence-corrected chi connectivity index (χ0v) is 20.8. The summed E-state index contributed by atoms with van der Waals surface area (Å²) in [5.74, 6) is 0. The molecule has 1 fully saturated rings. The fourth-order valence-corrected chi connectivity index (χ4v) is 4.68. The highest BCUT2D eigenvalue weighted by atomic mass is 32.1. The molecule has 2 heterocycles. The van der Waals surface area contributed by atoms with Crippen LogP contribution in [0.25, 0.3) is 10.9 Å². The molecule has 0 bridgehead atoms. The standard InChI is InChI=1S/C25H38N4O2S/c1-5-28(6-2)11-8-10-26-25(32)29(17-21-9-7-12-31-21)16-20-15-22-19(4)13-18(3)14-23(22)27-24(20)30/h13-15,21H,5-12,16-17H2,1-4H3,(H,26,32)(H,27,30). The molecule has 7 heteroatoms. The number of thiocarbonyl (C=S) groups is 1.